The molecule has 0 aliphatic rings. The highest BCUT2D eigenvalue weighted by Crippen LogP contribution is 2.31. The van der Waals surface area contributed by atoms with E-state index in [-0.39, 0.29) is 17.1 Å². The molecule has 0 aliphatic carbocycles. The number of aromatic nitrogens is 1. The Morgan fingerprint density at radius 3 is 2.94 bits per heavy atom. The van der Waals surface area contributed by atoms with Crippen molar-refractivity contribution >= 4 is 17.1 Å². The number of ketones is 1. The summed E-state index contributed by atoms with van der Waals surface area (Å²) >= 11 is 1.01. The van der Waals surface area contributed by atoms with Gasteiger partial charge >= 0.3 is 0 Å². The lowest BCUT2D eigenvalue weighted by Crippen LogP contribution is -2.00. The third-order valence-electron chi connectivity index (χ3n) is 2.24. The molecule has 0 fully saturated rings. The Kier molecular flexibility index (Phi) is 3.19. The highest BCUT2D eigenvalue weighted by Gasteiger charge is 2.12. The maximum atomic E-state index is 13.0. The third kappa shape index (κ3) is 2.34. The first-order valence-electron chi connectivity index (χ1n) is 5.08. The second-order valence-electron chi connectivity index (χ2n) is 3.44. The van der Waals surface area contributed by atoms with Crippen molar-refractivity contribution in [2.75, 3.05) is 0 Å². The van der Waals surface area contributed by atoms with Gasteiger partial charge < -0.3 is 5.11 Å². The molecule has 1 aromatic carbocycles. The molecule has 1 aromatic heterocycles. The fraction of sp³-hybridized carbons (Fsp3) is 0.167. The number of carbonyl (C=O) groups is 1. The Morgan fingerprint density at radius 2 is 2.29 bits per heavy atom. The van der Waals surface area contributed by atoms with E-state index in [0.717, 1.165) is 11.3 Å². The molecule has 0 amide bonds. The van der Waals surface area contributed by atoms with Crippen molar-refractivity contribution in [3.63, 3.8) is 0 Å². The summed E-state index contributed by atoms with van der Waals surface area (Å²) < 4.78 is 13.0. The Hall–Kier alpha value is -1.75. The van der Waals surface area contributed by atoms with Crippen LogP contribution in [0.25, 0.3) is 10.6 Å². The quantitative estimate of drug-likeness (QED) is 0.787. The second kappa shape index (κ2) is 4.63. The first kappa shape index (κ1) is 11.7. The predicted octanol–water partition coefficient (Wildman–Crippen LogP) is 2.62. The van der Waals surface area contributed by atoms with Crippen LogP contribution in [0.4, 0.5) is 4.39 Å². The minimum atomic E-state index is -0.527. The lowest BCUT2D eigenvalue weighted by atomic mass is 10.2. The first-order valence-corrected chi connectivity index (χ1v) is 5.90. The number of halogens is 1. The van der Waals surface area contributed by atoms with E-state index in [1.54, 1.807) is 13.0 Å². The fourth-order valence-electron chi connectivity index (χ4n) is 1.39. The van der Waals surface area contributed by atoms with Crippen LogP contribution in [0.3, 0.4) is 0 Å². The van der Waals surface area contributed by atoms with Gasteiger partial charge in [0.25, 0.3) is 0 Å². The van der Waals surface area contributed by atoms with Crippen molar-refractivity contribution in [2.24, 2.45) is 0 Å². The van der Waals surface area contributed by atoms with E-state index in [1.807, 2.05) is 0 Å². The van der Waals surface area contributed by atoms with Crippen LogP contribution in [-0.4, -0.2) is 10.8 Å². The molecule has 1 heterocycles. The number of thiazole rings is 1. The fourth-order valence-corrected chi connectivity index (χ4v) is 2.35. The van der Waals surface area contributed by atoms with Crippen LogP contribution in [0, 0.1) is 5.82 Å². The summed E-state index contributed by atoms with van der Waals surface area (Å²) in [6.45, 7) is 1.68. The molecular formula is C12H9FNO2S-. The predicted molar refractivity (Wildman–Crippen MR) is 61.6 cm³/mol. The largest absolute Gasteiger partial charge is 0.858 e. The van der Waals surface area contributed by atoms with Gasteiger partial charge in [0.15, 0.2) is 5.78 Å². The monoisotopic (exact) mass is 250 g/mol. The molecule has 0 unspecified atom stereocenters. The van der Waals surface area contributed by atoms with Gasteiger partial charge in [0, 0.05) is 17.9 Å². The summed E-state index contributed by atoms with van der Waals surface area (Å²) in [6.07, 6.45) is 0.264. The van der Waals surface area contributed by atoms with Crippen molar-refractivity contribution in [3.8, 4) is 16.5 Å². The topological polar surface area (TPSA) is 53.0 Å². The van der Waals surface area contributed by atoms with Gasteiger partial charge in [0.1, 0.15) is 10.8 Å². The van der Waals surface area contributed by atoms with Crippen LogP contribution in [0.2, 0.25) is 0 Å². The highest BCUT2D eigenvalue weighted by molar-refractivity contribution is 7.17. The first-order chi connectivity index (χ1) is 8.11. The Morgan fingerprint density at radius 1 is 1.53 bits per heavy atom. The minimum absolute atomic E-state index is 0.117. The van der Waals surface area contributed by atoms with E-state index in [1.165, 1.54) is 18.2 Å². The van der Waals surface area contributed by atoms with Crippen molar-refractivity contribution in [3.05, 3.63) is 35.0 Å². The zero-order valence-corrected chi connectivity index (χ0v) is 9.88. The molecule has 0 N–H and O–H groups in total. The number of Topliss-reactive ketones (excluding diaryl/α,β-unsaturated/α-hetero) is 1. The number of rotatable bonds is 3. The van der Waals surface area contributed by atoms with Crippen LogP contribution in [0.5, 0.6) is 5.88 Å². The van der Waals surface area contributed by atoms with E-state index in [0.29, 0.717) is 10.6 Å². The molecular weight excluding hydrogens is 241 g/mol. The summed E-state index contributed by atoms with van der Waals surface area (Å²) in [5, 5.41) is 11.9. The van der Waals surface area contributed by atoms with Gasteiger partial charge in [-0.15, -0.1) is 11.3 Å². The van der Waals surface area contributed by atoms with Gasteiger partial charge in [-0.05, 0) is 12.1 Å². The molecule has 0 saturated heterocycles. The molecule has 0 spiro atoms. The number of hydrogen-bond donors (Lipinski definition) is 0. The van der Waals surface area contributed by atoms with E-state index < -0.39 is 11.7 Å². The maximum absolute atomic E-state index is 13.0. The molecule has 0 aliphatic heterocycles. The molecule has 88 valence electrons. The molecule has 0 radical (unpaired) electrons. The van der Waals surface area contributed by atoms with Crippen LogP contribution < -0.4 is 5.11 Å². The highest BCUT2D eigenvalue weighted by atomic mass is 32.1. The van der Waals surface area contributed by atoms with Crippen molar-refractivity contribution in [1.29, 1.82) is 0 Å². The lowest BCUT2D eigenvalue weighted by Gasteiger charge is -2.00. The maximum Gasteiger partial charge on any atom is 0.173 e. The molecule has 0 saturated carbocycles. The van der Waals surface area contributed by atoms with Gasteiger partial charge in [-0.3, -0.25) is 9.78 Å². The zero-order valence-electron chi connectivity index (χ0n) is 9.07. The SMILES string of the molecule is CCC(=O)c1sc(-c2cccc(F)c2)nc1[O-]. The lowest BCUT2D eigenvalue weighted by molar-refractivity contribution is -0.274. The van der Waals surface area contributed by atoms with Crippen LogP contribution >= 0.6 is 11.3 Å². The average molecular weight is 250 g/mol. The number of hydrogen-bond acceptors (Lipinski definition) is 4. The van der Waals surface area contributed by atoms with Crippen LogP contribution in [0.1, 0.15) is 23.0 Å². The Labute approximate surface area is 102 Å². The molecule has 5 heteroatoms. The molecule has 2 rings (SSSR count). The molecule has 0 atom stereocenters. The smallest absolute Gasteiger partial charge is 0.173 e. The normalized spacial score (nSPS) is 10.5. The summed E-state index contributed by atoms with van der Waals surface area (Å²) in [6, 6.07) is 5.80. The average Bonchev–Trinajstić information content (AvgIpc) is 2.70. The van der Waals surface area contributed by atoms with Crippen molar-refractivity contribution < 1.29 is 14.3 Å². The Balaban J connectivity index is 2.44. The minimum Gasteiger partial charge on any atom is -0.858 e. The van der Waals surface area contributed by atoms with E-state index in [4.69, 9.17) is 0 Å². The number of carbonyl (C=O) groups excluding carboxylic acids is 1. The van der Waals surface area contributed by atoms with Crippen LogP contribution in [0.15, 0.2) is 24.3 Å². The van der Waals surface area contributed by atoms with Gasteiger partial charge in [-0.1, -0.05) is 19.1 Å². The molecule has 3 nitrogen and oxygen atoms in total. The second-order valence-corrected chi connectivity index (χ2v) is 4.44. The van der Waals surface area contributed by atoms with E-state index >= 15 is 0 Å². The van der Waals surface area contributed by atoms with Gasteiger partial charge in [-0.2, -0.15) is 0 Å². The number of nitrogens with zero attached hydrogens (tertiary/aromatic N) is 1. The molecule has 17 heavy (non-hydrogen) atoms. The van der Waals surface area contributed by atoms with E-state index in [9.17, 15) is 14.3 Å². The zero-order chi connectivity index (χ0) is 12.4. The van der Waals surface area contributed by atoms with E-state index in [2.05, 4.69) is 4.98 Å². The Bertz CT molecular complexity index is 565. The summed E-state index contributed by atoms with van der Waals surface area (Å²) in [5.41, 5.74) is 0.516. The molecule has 0 bridgehead atoms. The number of benzene rings is 1. The van der Waals surface area contributed by atoms with Crippen molar-refractivity contribution in [1.82, 2.24) is 4.98 Å². The van der Waals surface area contributed by atoms with Gasteiger partial charge in [0.2, 0.25) is 0 Å². The third-order valence-corrected chi connectivity index (χ3v) is 3.37. The van der Waals surface area contributed by atoms with Crippen molar-refractivity contribution in [2.45, 2.75) is 13.3 Å². The van der Waals surface area contributed by atoms with Crippen LogP contribution in [-0.2, 0) is 0 Å². The summed E-state index contributed by atoms with van der Waals surface area (Å²) in [7, 11) is 0. The summed E-state index contributed by atoms with van der Waals surface area (Å²) in [5.74, 6) is -1.15. The molecule has 2 aromatic rings. The standard InChI is InChI=1S/C12H10FNO2S/c1-2-9(15)10-11(16)14-12(17-10)7-4-3-5-8(13)6-7/h3-6,16H,2H2,1H3/p-1. The summed E-state index contributed by atoms with van der Waals surface area (Å²) in [4.78, 5) is 15.3. The van der Waals surface area contributed by atoms with Gasteiger partial charge in [0.05, 0.1) is 4.88 Å². The van der Waals surface area contributed by atoms with Gasteiger partial charge in [-0.25, -0.2) is 4.39 Å².